The van der Waals surface area contributed by atoms with E-state index in [0.717, 1.165) is 17.5 Å². The SMILES string of the molecule is O=S(=O)(NCc1nc2ccccc2n1CCc1ccccc1)c1ccc(Cl)cc1. The van der Waals surface area contributed by atoms with Crippen LogP contribution in [0.1, 0.15) is 11.4 Å². The van der Waals surface area contributed by atoms with Gasteiger partial charge in [-0.2, -0.15) is 0 Å². The second kappa shape index (κ2) is 8.37. The van der Waals surface area contributed by atoms with Gasteiger partial charge in [0, 0.05) is 11.6 Å². The molecule has 7 heteroatoms. The first-order chi connectivity index (χ1) is 14.0. The number of aryl methyl sites for hydroxylation is 2. The molecule has 0 unspecified atom stereocenters. The van der Waals surface area contributed by atoms with E-state index in [4.69, 9.17) is 11.6 Å². The molecule has 0 aliphatic rings. The van der Waals surface area contributed by atoms with Gasteiger partial charge in [0.2, 0.25) is 10.0 Å². The highest BCUT2D eigenvalue weighted by Crippen LogP contribution is 2.19. The van der Waals surface area contributed by atoms with E-state index in [1.807, 2.05) is 42.5 Å². The second-order valence-corrected chi connectivity index (χ2v) is 8.89. The Kier molecular flexibility index (Phi) is 5.67. The summed E-state index contributed by atoms with van der Waals surface area (Å²) >= 11 is 5.86. The van der Waals surface area contributed by atoms with Gasteiger partial charge in [-0.15, -0.1) is 0 Å². The highest BCUT2D eigenvalue weighted by Gasteiger charge is 2.17. The molecule has 0 radical (unpaired) electrons. The van der Waals surface area contributed by atoms with Crippen molar-refractivity contribution < 1.29 is 8.42 Å². The van der Waals surface area contributed by atoms with Crippen LogP contribution in [0.5, 0.6) is 0 Å². The quantitative estimate of drug-likeness (QED) is 0.477. The zero-order valence-electron chi connectivity index (χ0n) is 15.6. The normalized spacial score (nSPS) is 11.8. The van der Waals surface area contributed by atoms with E-state index in [2.05, 4.69) is 26.4 Å². The summed E-state index contributed by atoms with van der Waals surface area (Å²) in [6, 6.07) is 24.1. The molecule has 1 N–H and O–H groups in total. The lowest BCUT2D eigenvalue weighted by atomic mass is 10.1. The van der Waals surface area contributed by atoms with Crippen LogP contribution in [0.15, 0.2) is 83.8 Å². The zero-order valence-corrected chi connectivity index (χ0v) is 17.2. The average molecular weight is 426 g/mol. The standard InChI is InChI=1S/C22H20ClN3O2S/c23-18-10-12-19(13-11-18)29(27,28)24-16-22-25-20-8-4-5-9-21(20)26(22)15-14-17-6-2-1-3-7-17/h1-13,24H,14-16H2. The van der Waals surface area contributed by atoms with Gasteiger partial charge in [0.25, 0.3) is 0 Å². The minimum Gasteiger partial charge on any atom is -0.327 e. The molecule has 0 amide bonds. The maximum Gasteiger partial charge on any atom is 0.240 e. The molecular formula is C22H20ClN3O2S. The fourth-order valence-electron chi connectivity index (χ4n) is 3.25. The van der Waals surface area contributed by atoms with E-state index in [-0.39, 0.29) is 11.4 Å². The van der Waals surface area contributed by atoms with Crippen molar-refractivity contribution in [2.75, 3.05) is 0 Å². The van der Waals surface area contributed by atoms with Crippen LogP contribution < -0.4 is 4.72 Å². The number of rotatable bonds is 7. The minimum absolute atomic E-state index is 0.106. The van der Waals surface area contributed by atoms with Crippen molar-refractivity contribution in [2.24, 2.45) is 0 Å². The zero-order chi connectivity index (χ0) is 20.3. The summed E-state index contributed by atoms with van der Waals surface area (Å²) in [4.78, 5) is 4.83. The minimum atomic E-state index is -3.66. The van der Waals surface area contributed by atoms with Crippen LogP contribution in [0, 0.1) is 0 Å². The van der Waals surface area contributed by atoms with Crippen LogP contribution in [0.4, 0.5) is 0 Å². The van der Waals surface area contributed by atoms with Gasteiger partial charge in [-0.25, -0.2) is 18.1 Å². The van der Waals surface area contributed by atoms with Crippen molar-refractivity contribution in [3.05, 3.63) is 95.3 Å². The molecule has 0 fully saturated rings. The maximum absolute atomic E-state index is 12.6. The molecule has 1 heterocycles. The molecule has 29 heavy (non-hydrogen) atoms. The van der Waals surface area contributed by atoms with Crippen LogP contribution in [0.3, 0.4) is 0 Å². The van der Waals surface area contributed by atoms with E-state index in [0.29, 0.717) is 17.4 Å². The number of fused-ring (bicyclic) bond motifs is 1. The summed E-state index contributed by atoms with van der Waals surface area (Å²) in [5.74, 6) is 0.680. The van der Waals surface area contributed by atoms with Crippen LogP contribution in [-0.2, 0) is 29.5 Å². The number of hydrogen-bond acceptors (Lipinski definition) is 3. The predicted octanol–water partition coefficient (Wildman–Crippen LogP) is 4.41. The fourth-order valence-corrected chi connectivity index (χ4v) is 4.36. The molecule has 4 rings (SSSR count). The summed E-state index contributed by atoms with van der Waals surface area (Å²) in [6.07, 6.45) is 0.831. The number of aromatic nitrogens is 2. The first kappa shape index (κ1) is 19.6. The third-order valence-electron chi connectivity index (χ3n) is 4.74. The second-order valence-electron chi connectivity index (χ2n) is 6.68. The molecule has 4 aromatic rings. The maximum atomic E-state index is 12.6. The number of nitrogens with one attached hydrogen (secondary N) is 1. The van der Waals surface area contributed by atoms with Crippen molar-refractivity contribution >= 4 is 32.7 Å². The predicted molar refractivity (Wildman–Crippen MR) is 115 cm³/mol. The third kappa shape index (κ3) is 4.50. The van der Waals surface area contributed by atoms with Gasteiger partial charge in [0.05, 0.1) is 22.5 Å². The van der Waals surface area contributed by atoms with Crippen molar-refractivity contribution in [1.82, 2.24) is 14.3 Å². The Bertz CT molecular complexity index is 1220. The highest BCUT2D eigenvalue weighted by molar-refractivity contribution is 7.89. The largest absolute Gasteiger partial charge is 0.327 e. The molecule has 0 saturated carbocycles. The smallest absolute Gasteiger partial charge is 0.240 e. The lowest BCUT2D eigenvalue weighted by Gasteiger charge is -2.11. The Morgan fingerprint density at radius 3 is 2.34 bits per heavy atom. The first-order valence-corrected chi connectivity index (χ1v) is 11.1. The third-order valence-corrected chi connectivity index (χ3v) is 6.41. The summed E-state index contributed by atoms with van der Waals surface area (Å²) in [7, 11) is -3.66. The molecule has 3 aromatic carbocycles. The number of nitrogens with zero attached hydrogens (tertiary/aromatic N) is 2. The molecule has 5 nitrogen and oxygen atoms in total. The van der Waals surface area contributed by atoms with Gasteiger partial charge >= 0.3 is 0 Å². The summed E-state index contributed by atoms with van der Waals surface area (Å²) in [6.45, 7) is 0.816. The van der Waals surface area contributed by atoms with Gasteiger partial charge in [-0.05, 0) is 48.4 Å². The Morgan fingerprint density at radius 2 is 1.59 bits per heavy atom. The monoisotopic (exact) mass is 425 g/mol. The van der Waals surface area contributed by atoms with E-state index >= 15 is 0 Å². The van der Waals surface area contributed by atoms with E-state index < -0.39 is 10.0 Å². The summed E-state index contributed by atoms with van der Waals surface area (Å²) in [5.41, 5.74) is 3.06. The first-order valence-electron chi connectivity index (χ1n) is 9.26. The Labute approximate surface area is 175 Å². The summed E-state index contributed by atoms with van der Waals surface area (Å²) in [5, 5.41) is 0.492. The Morgan fingerprint density at radius 1 is 0.897 bits per heavy atom. The molecule has 1 aromatic heterocycles. The van der Waals surface area contributed by atoms with Gasteiger partial charge in [-0.3, -0.25) is 0 Å². The van der Waals surface area contributed by atoms with E-state index in [1.54, 1.807) is 12.1 Å². The van der Waals surface area contributed by atoms with Gasteiger partial charge < -0.3 is 4.57 Å². The average Bonchev–Trinajstić information content (AvgIpc) is 3.09. The van der Waals surface area contributed by atoms with Crippen LogP contribution in [-0.4, -0.2) is 18.0 Å². The molecule has 148 valence electrons. The molecule has 0 saturated heterocycles. The summed E-state index contributed by atoms with van der Waals surface area (Å²) < 4.78 is 30.0. The van der Waals surface area contributed by atoms with Crippen molar-refractivity contribution in [1.29, 1.82) is 0 Å². The Balaban J connectivity index is 1.58. The van der Waals surface area contributed by atoms with Crippen molar-refractivity contribution in [2.45, 2.75) is 24.4 Å². The van der Waals surface area contributed by atoms with Crippen LogP contribution in [0.2, 0.25) is 5.02 Å². The van der Waals surface area contributed by atoms with Gasteiger partial charge in [0.1, 0.15) is 5.82 Å². The number of benzene rings is 3. The van der Waals surface area contributed by atoms with Crippen molar-refractivity contribution in [3.63, 3.8) is 0 Å². The lowest BCUT2D eigenvalue weighted by molar-refractivity contribution is 0.574. The van der Waals surface area contributed by atoms with Crippen LogP contribution >= 0.6 is 11.6 Å². The van der Waals surface area contributed by atoms with E-state index in [1.165, 1.54) is 17.7 Å². The number of imidazole rings is 1. The van der Waals surface area contributed by atoms with Gasteiger partial charge in [-0.1, -0.05) is 54.1 Å². The number of para-hydroxylation sites is 2. The molecule has 0 bridgehead atoms. The molecule has 0 aliphatic carbocycles. The Hall–Kier alpha value is -2.67. The number of halogens is 1. The number of hydrogen-bond donors (Lipinski definition) is 1. The van der Waals surface area contributed by atoms with E-state index in [9.17, 15) is 8.42 Å². The van der Waals surface area contributed by atoms with Crippen LogP contribution in [0.25, 0.3) is 11.0 Å². The molecule has 0 aliphatic heterocycles. The number of sulfonamides is 1. The molecule has 0 spiro atoms. The topological polar surface area (TPSA) is 64.0 Å². The lowest BCUT2D eigenvalue weighted by Crippen LogP contribution is -2.25. The highest BCUT2D eigenvalue weighted by atomic mass is 35.5. The fraction of sp³-hybridized carbons (Fsp3) is 0.136. The molecule has 0 atom stereocenters. The molecular weight excluding hydrogens is 406 g/mol. The van der Waals surface area contributed by atoms with Gasteiger partial charge in [0.15, 0.2) is 0 Å². The van der Waals surface area contributed by atoms with Crippen molar-refractivity contribution in [3.8, 4) is 0 Å².